The van der Waals surface area contributed by atoms with Gasteiger partial charge in [0.15, 0.2) is 0 Å². The van der Waals surface area contributed by atoms with Crippen LogP contribution in [0.15, 0.2) is 0 Å². The first-order chi connectivity index (χ1) is 7.02. The second-order valence-corrected chi connectivity index (χ2v) is 6.31. The van der Waals surface area contributed by atoms with E-state index in [2.05, 4.69) is 0 Å². The van der Waals surface area contributed by atoms with Crippen LogP contribution in [0.1, 0.15) is 46.0 Å². The molecule has 0 aliphatic heterocycles. The van der Waals surface area contributed by atoms with Gasteiger partial charge in [0.25, 0.3) is 0 Å². The van der Waals surface area contributed by atoms with Gasteiger partial charge in [-0.15, -0.1) is 0 Å². The third kappa shape index (κ3) is 4.45. The van der Waals surface area contributed by atoms with Gasteiger partial charge in [-0.2, -0.15) is 11.8 Å². The van der Waals surface area contributed by atoms with E-state index in [1.165, 1.54) is 31.4 Å². The molecule has 0 spiro atoms. The molecule has 88 valence electrons. The van der Waals surface area contributed by atoms with Crippen molar-refractivity contribution in [1.82, 2.24) is 0 Å². The second kappa shape index (κ2) is 5.78. The maximum atomic E-state index is 10.9. The van der Waals surface area contributed by atoms with E-state index in [4.69, 9.17) is 5.11 Å². The van der Waals surface area contributed by atoms with Crippen molar-refractivity contribution < 1.29 is 9.90 Å². The van der Waals surface area contributed by atoms with E-state index in [1.54, 1.807) is 0 Å². The topological polar surface area (TPSA) is 37.3 Å². The number of aliphatic carboxylic acids is 1. The van der Waals surface area contributed by atoms with Gasteiger partial charge in [-0.25, -0.2) is 0 Å². The highest BCUT2D eigenvalue weighted by atomic mass is 32.2. The number of carboxylic acid groups (broad SMARTS) is 1. The summed E-state index contributed by atoms with van der Waals surface area (Å²) in [6.45, 7) is 3.62. The molecule has 1 aliphatic rings. The number of carbonyl (C=O) groups is 1. The molecule has 0 aromatic heterocycles. The molecular weight excluding hydrogens is 208 g/mol. The number of hydrogen-bond acceptors (Lipinski definition) is 2. The van der Waals surface area contributed by atoms with E-state index < -0.39 is 11.4 Å². The molecule has 3 heteroatoms. The molecule has 1 N–H and O–H groups in total. The summed E-state index contributed by atoms with van der Waals surface area (Å²) in [5.74, 6) is 2.44. The molecule has 1 rings (SSSR count). The summed E-state index contributed by atoms with van der Waals surface area (Å²) in [4.78, 5) is 10.9. The van der Waals surface area contributed by atoms with Gasteiger partial charge < -0.3 is 5.11 Å². The zero-order valence-corrected chi connectivity index (χ0v) is 10.6. The van der Waals surface area contributed by atoms with Gasteiger partial charge in [-0.05, 0) is 50.5 Å². The quantitative estimate of drug-likeness (QED) is 0.710. The minimum absolute atomic E-state index is 0.553. The van der Waals surface area contributed by atoms with Gasteiger partial charge in [0.05, 0.1) is 5.41 Å². The Morgan fingerprint density at radius 3 is 2.53 bits per heavy atom. The molecule has 0 atom stereocenters. The van der Waals surface area contributed by atoms with Gasteiger partial charge >= 0.3 is 5.97 Å². The maximum Gasteiger partial charge on any atom is 0.309 e. The molecule has 0 bridgehead atoms. The Hall–Kier alpha value is -0.180. The zero-order chi connectivity index (χ0) is 11.3. The van der Waals surface area contributed by atoms with Crippen molar-refractivity contribution in [3.05, 3.63) is 0 Å². The number of carboxylic acids is 1. The monoisotopic (exact) mass is 230 g/mol. The lowest BCUT2D eigenvalue weighted by Crippen LogP contribution is -2.24. The van der Waals surface area contributed by atoms with Crippen LogP contribution in [-0.2, 0) is 4.79 Å². The lowest BCUT2D eigenvalue weighted by Gasteiger charge is -2.18. The third-order valence-electron chi connectivity index (χ3n) is 3.28. The van der Waals surface area contributed by atoms with Gasteiger partial charge in [-0.1, -0.05) is 12.8 Å². The normalized spacial score (nSPS) is 18.3. The summed E-state index contributed by atoms with van der Waals surface area (Å²) >= 11 is 1.93. The van der Waals surface area contributed by atoms with Crippen molar-refractivity contribution >= 4 is 17.7 Å². The van der Waals surface area contributed by atoms with Crippen LogP contribution >= 0.6 is 11.8 Å². The van der Waals surface area contributed by atoms with E-state index in [-0.39, 0.29) is 0 Å². The molecule has 0 saturated heterocycles. The molecule has 0 amide bonds. The van der Waals surface area contributed by atoms with Gasteiger partial charge in [-0.3, -0.25) is 4.79 Å². The second-order valence-electron chi connectivity index (χ2n) is 5.16. The molecule has 1 aliphatic carbocycles. The van der Waals surface area contributed by atoms with Crippen LogP contribution in [0.2, 0.25) is 0 Å². The van der Waals surface area contributed by atoms with E-state index in [1.807, 2.05) is 25.6 Å². The van der Waals surface area contributed by atoms with Crippen LogP contribution in [0.5, 0.6) is 0 Å². The first-order valence-corrected chi connectivity index (χ1v) is 6.99. The van der Waals surface area contributed by atoms with E-state index >= 15 is 0 Å². The third-order valence-corrected chi connectivity index (χ3v) is 4.48. The van der Waals surface area contributed by atoms with Crippen molar-refractivity contribution in [2.75, 3.05) is 11.5 Å². The largest absolute Gasteiger partial charge is 0.481 e. The van der Waals surface area contributed by atoms with Crippen molar-refractivity contribution in [3.8, 4) is 0 Å². The van der Waals surface area contributed by atoms with Crippen molar-refractivity contribution in [2.24, 2.45) is 11.3 Å². The van der Waals surface area contributed by atoms with E-state index in [0.717, 1.165) is 18.1 Å². The highest BCUT2D eigenvalue weighted by Gasteiger charge is 2.26. The number of rotatable bonds is 6. The lowest BCUT2D eigenvalue weighted by molar-refractivity contribution is -0.146. The Labute approximate surface area is 96.8 Å². The first kappa shape index (κ1) is 12.9. The standard InChI is InChI=1S/C12H22O2S/c1-12(2,11(13)14)7-8-15-9-10-5-3-4-6-10/h10H,3-9H2,1-2H3,(H,13,14). The van der Waals surface area contributed by atoms with Crippen LogP contribution in [-0.4, -0.2) is 22.6 Å². The summed E-state index contributed by atoms with van der Waals surface area (Å²) in [5, 5.41) is 8.94. The molecular formula is C12H22O2S. The zero-order valence-electron chi connectivity index (χ0n) is 9.79. The summed E-state index contributed by atoms with van der Waals surface area (Å²) in [6.07, 6.45) is 6.34. The average Bonchev–Trinajstić information content (AvgIpc) is 2.64. The van der Waals surface area contributed by atoms with Crippen LogP contribution in [0, 0.1) is 11.3 Å². The van der Waals surface area contributed by atoms with Crippen molar-refractivity contribution in [3.63, 3.8) is 0 Å². The predicted molar refractivity (Wildman–Crippen MR) is 65.3 cm³/mol. The Kier molecular flexibility index (Phi) is 4.97. The molecule has 0 unspecified atom stereocenters. The number of thioether (sulfide) groups is 1. The van der Waals surface area contributed by atoms with Crippen molar-refractivity contribution in [1.29, 1.82) is 0 Å². The summed E-state index contributed by atoms with van der Waals surface area (Å²) < 4.78 is 0. The van der Waals surface area contributed by atoms with Crippen molar-refractivity contribution in [2.45, 2.75) is 46.0 Å². The highest BCUT2D eigenvalue weighted by molar-refractivity contribution is 7.99. The van der Waals surface area contributed by atoms with Crippen LogP contribution < -0.4 is 0 Å². The maximum absolute atomic E-state index is 10.9. The number of hydrogen-bond donors (Lipinski definition) is 1. The van der Waals surface area contributed by atoms with Gasteiger partial charge in [0.2, 0.25) is 0 Å². The smallest absolute Gasteiger partial charge is 0.309 e. The van der Waals surface area contributed by atoms with Crippen LogP contribution in [0.4, 0.5) is 0 Å². The highest BCUT2D eigenvalue weighted by Crippen LogP contribution is 2.29. The fourth-order valence-corrected chi connectivity index (χ4v) is 3.35. The lowest BCUT2D eigenvalue weighted by atomic mass is 9.91. The van der Waals surface area contributed by atoms with Crippen LogP contribution in [0.25, 0.3) is 0 Å². The minimum atomic E-state index is -0.677. The minimum Gasteiger partial charge on any atom is -0.481 e. The molecule has 0 heterocycles. The van der Waals surface area contributed by atoms with E-state index in [9.17, 15) is 4.79 Å². The van der Waals surface area contributed by atoms with Gasteiger partial charge in [0.1, 0.15) is 0 Å². The fraction of sp³-hybridized carbons (Fsp3) is 0.917. The summed E-state index contributed by atoms with van der Waals surface area (Å²) in [5.41, 5.74) is -0.553. The molecule has 0 radical (unpaired) electrons. The Morgan fingerprint density at radius 1 is 1.40 bits per heavy atom. The predicted octanol–water partition coefficient (Wildman–Crippen LogP) is 3.41. The average molecular weight is 230 g/mol. The van der Waals surface area contributed by atoms with Gasteiger partial charge in [0, 0.05) is 0 Å². The van der Waals surface area contributed by atoms with Crippen LogP contribution in [0.3, 0.4) is 0 Å². The summed E-state index contributed by atoms with van der Waals surface area (Å²) in [7, 11) is 0. The Bertz CT molecular complexity index is 208. The Morgan fingerprint density at radius 2 is 2.00 bits per heavy atom. The SMILES string of the molecule is CC(C)(CCSCC1CCCC1)C(=O)O. The van der Waals surface area contributed by atoms with E-state index in [0.29, 0.717) is 0 Å². The molecule has 1 saturated carbocycles. The summed E-state index contributed by atoms with van der Waals surface area (Å²) in [6, 6.07) is 0. The fourth-order valence-electron chi connectivity index (χ4n) is 1.86. The molecule has 15 heavy (non-hydrogen) atoms. The molecule has 0 aromatic carbocycles. The molecule has 2 nitrogen and oxygen atoms in total. The molecule has 0 aromatic rings. The Balaban J connectivity index is 2.08. The first-order valence-electron chi connectivity index (χ1n) is 5.83. The molecule has 1 fully saturated rings.